The van der Waals surface area contributed by atoms with E-state index < -0.39 is 0 Å². The highest BCUT2D eigenvalue weighted by Gasteiger charge is 2.19. The maximum atomic E-state index is 5.66. The van der Waals surface area contributed by atoms with Gasteiger partial charge in [0.05, 0.1) is 13.4 Å². The molecule has 4 nitrogen and oxygen atoms in total. The van der Waals surface area contributed by atoms with Crippen LogP contribution in [0.15, 0.2) is 34.9 Å². The molecule has 2 aromatic rings. The Morgan fingerprint density at radius 2 is 2.00 bits per heavy atom. The third-order valence-corrected chi connectivity index (χ3v) is 3.12. The molecule has 0 spiro atoms. The number of benzene rings is 1. The molecule has 96 valence electrons. The molecule has 3 N–H and O–H groups in total. The summed E-state index contributed by atoms with van der Waals surface area (Å²) < 4.78 is 10.7. The number of methoxy groups -OCH3 is 1. The molecule has 0 bridgehead atoms. The Kier molecular flexibility index (Phi) is 3.69. The van der Waals surface area contributed by atoms with Crippen molar-refractivity contribution in [1.29, 1.82) is 0 Å². The van der Waals surface area contributed by atoms with Gasteiger partial charge in [0.25, 0.3) is 0 Å². The molecule has 0 aliphatic heterocycles. The van der Waals surface area contributed by atoms with Gasteiger partial charge in [-0.2, -0.15) is 0 Å². The minimum atomic E-state index is -0.147. The largest absolute Gasteiger partial charge is 0.497 e. The van der Waals surface area contributed by atoms with Crippen LogP contribution in [0.1, 0.15) is 28.5 Å². The van der Waals surface area contributed by atoms with Crippen LogP contribution in [-0.2, 0) is 0 Å². The first-order valence-corrected chi connectivity index (χ1v) is 5.82. The number of nitrogens with one attached hydrogen (secondary N) is 1. The van der Waals surface area contributed by atoms with Crippen LogP contribution in [0.4, 0.5) is 0 Å². The summed E-state index contributed by atoms with van der Waals surface area (Å²) in [7, 11) is 1.66. The summed E-state index contributed by atoms with van der Waals surface area (Å²) in [5, 5.41) is 0. The Balaban J connectivity index is 2.42. The molecule has 1 aromatic carbocycles. The Labute approximate surface area is 107 Å². The van der Waals surface area contributed by atoms with Crippen LogP contribution in [-0.4, -0.2) is 7.11 Å². The SMILES string of the molecule is COc1ccc(C(NN)c2occc2C)c(C)c1. The minimum absolute atomic E-state index is 0.147. The summed E-state index contributed by atoms with van der Waals surface area (Å²) in [6.45, 7) is 4.03. The molecule has 1 heterocycles. The highest BCUT2D eigenvalue weighted by molar-refractivity contribution is 5.40. The van der Waals surface area contributed by atoms with Crippen molar-refractivity contribution < 1.29 is 9.15 Å². The van der Waals surface area contributed by atoms with Gasteiger partial charge in [-0.1, -0.05) is 6.07 Å². The number of nitrogens with two attached hydrogens (primary N) is 1. The van der Waals surface area contributed by atoms with Crippen molar-refractivity contribution in [3.63, 3.8) is 0 Å². The molecule has 0 amide bonds. The third-order valence-electron chi connectivity index (χ3n) is 3.12. The van der Waals surface area contributed by atoms with E-state index in [1.165, 1.54) is 0 Å². The van der Waals surface area contributed by atoms with Crippen LogP contribution in [0, 0.1) is 13.8 Å². The van der Waals surface area contributed by atoms with Gasteiger partial charge in [-0.3, -0.25) is 5.84 Å². The summed E-state index contributed by atoms with van der Waals surface area (Å²) in [5.74, 6) is 7.34. The van der Waals surface area contributed by atoms with Crippen LogP contribution < -0.4 is 16.0 Å². The van der Waals surface area contributed by atoms with E-state index in [4.69, 9.17) is 15.0 Å². The molecule has 1 atom stereocenters. The first kappa shape index (κ1) is 12.7. The number of hydrogen-bond donors (Lipinski definition) is 2. The van der Waals surface area contributed by atoms with Gasteiger partial charge in [0.15, 0.2) is 0 Å². The van der Waals surface area contributed by atoms with Crippen LogP contribution in [0.2, 0.25) is 0 Å². The molecular weight excluding hydrogens is 228 g/mol. The quantitative estimate of drug-likeness (QED) is 0.642. The van der Waals surface area contributed by atoms with Crippen molar-refractivity contribution in [3.05, 3.63) is 53.0 Å². The molecule has 2 rings (SSSR count). The van der Waals surface area contributed by atoms with E-state index >= 15 is 0 Å². The van der Waals surface area contributed by atoms with E-state index in [1.807, 2.05) is 38.1 Å². The monoisotopic (exact) mass is 246 g/mol. The molecule has 1 unspecified atom stereocenters. The fraction of sp³-hybridized carbons (Fsp3) is 0.286. The van der Waals surface area contributed by atoms with Crippen LogP contribution in [0.25, 0.3) is 0 Å². The fourth-order valence-corrected chi connectivity index (χ4v) is 2.09. The van der Waals surface area contributed by atoms with Crippen molar-refractivity contribution >= 4 is 0 Å². The molecule has 1 aromatic heterocycles. The summed E-state index contributed by atoms with van der Waals surface area (Å²) in [6.07, 6.45) is 1.67. The van der Waals surface area contributed by atoms with Gasteiger partial charge < -0.3 is 9.15 Å². The topological polar surface area (TPSA) is 60.4 Å². The van der Waals surface area contributed by atoms with E-state index in [1.54, 1.807) is 13.4 Å². The van der Waals surface area contributed by atoms with Gasteiger partial charge in [0.2, 0.25) is 0 Å². The maximum absolute atomic E-state index is 5.66. The highest BCUT2D eigenvalue weighted by Crippen LogP contribution is 2.29. The fourth-order valence-electron chi connectivity index (χ4n) is 2.09. The zero-order valence-electron chi connectivity index (χ0n) is 10.9. The average Bonchev–Trinajstić information content (AvgIpc) is 2.78. The lowest BCUT2D eigenvalue weighted by Gasteiger charge is -2.18. The Bertz CT molecular complexity index is 534. The van der Waals surface area contributed by atoms with Crippen molar-refractivity contribution in [3.8, 4) is 5.75 Å². The number of furan rings is 1. The van der Waals surface area contributed by atoms with Gasteiger partial charge in [-0.05, 0) is 48.7 Å². The summed E-state index contributed by atoms with van der Waals surface area (Å²) in [6, 6.07) is 7.69. The van der Waals surface area contributed by atoms with Crippen molar-refractivity contribution in [1.82, 2.24) is 5.43 Å². The lowest BCUT2D eigenvalue weighted by atomic mass is 9.98. The Morgan fingerprint density at radius 3 is 2.50 bits per heavy atom. The maximum Gasteiger partial charge on any atom is 0.129 e. The van der Waals surface area contributed by atoms with Gasteiger partial charge in [-0.15, -0.1) is 0 Å². The number of aryl methyl sites for hydroxylation is 2. The molecular formula is C14H18N2O2. The first-order chi connectivity index (χ1) is 8.67. The molecule has 0 aliphatic rings. The number of hydrogen-bond acceptors (Lipinski definition) is 4. The first-order valence-electron chi connectivity index (χ1n) is 5.82. The predicted molar refractivity (Wildman–Crippen MR) is 70.3 cm³/mol. The van der Waals surface area contributed by atoms with Crippen molar-refractivity contribution in [2.75, 3.05) is 7.11 Å². The molecule has 0 saturated heterocycles. The van der Waals surface area contributed by atoms with Crippen molar-refractivity contribution in [2.45, 2.75) is 19.9 Å². The Hall–Kier alpha value is -1.78. The second-order valence-corrected chi connectivity index (χ2v) is 4.29. The molecule has 0 saturated carbocycles. The van der Waals surface area contributed by atoms with Gasteiger partial charge in [-0.25, -0.2) is 5.43 Å². The minimum Gasteiger partial charge on any atom is -0.497 e. The number of rotatable bonds is 4. The number of ether oxygens (including phenoxy) is 1. The van der Waals surface area contributed by atoms with Crippen LogP contribution >= 0.6 is 0 Å². The van der Waals surface area contributed by atoms with E-state index in [2.05, 4.69) is 5.43 Å². The molecule has 0 radical (unpaired) electrons. The van der Waals surface area contributed by atoms with E-state index in [9.17, 15) is 0 Å². The van der Waals surface area contributed by atoms with E-state index in [0.717, 1.165) is 28.2 Å². The standard InChI is InChI=1S/C14H18N2O2/c1-9-6-7-18-14(9)13(16-15)12-5-4-11(17-3)8-10(12)2/h4-8,13,16H,15H2,1-3H3. The molecule has 18 heavy (non-hydrogen) atoms. The van der Waals surface area contributed by atoms with Gasteiger partial charge in [0, 0.05) is 0 Å². The molecule has 0 aliphatic carbocycles. The van der Waals surface area contributed by atoms with E-state index in [-0.39, 0.29) is 6.04 Å². The Morgan fingerprint density at radius 1 is 1.22 bits per heavy atom. The second kappa shape index (κ2) is 5.25. The summed E-state index contributed by atoms with van der Waals surface area (Å²) in [4.78, 5) is 0. The highest BCUT2D eigenvalue weighted by atomic mass is 16.5. The third kappa shape index (κ3) is 2.25. The second-order valence-electron chi connectivity index (χ2n) is 4.29. The lowest BCUT2D eigenvalue weighted by molar-refractivity contribution is 0.413. The van der Waals surface area contributed by atoms with Gasteiger partial charge >= 0.3 is 0 Å². The van der Waals surface area contributed by atoms with Gasteiger partial charge in [0.1, 0.15) is 17.6 Å². The van der Waals surface area contributed by atoms with E-state index in [0.29, 0.717) is 0 Å². The normalized spacial score (nSPS) is 12.4. The zero-order valence-corrected chi connectivity index (χ0v) is 10.9. The lowest BCUT2D eigenvalue weighted by Crippen LogP contribution is -2.29. The predicted octanol–water partition coefficient (Wildman–Crippen LogP) is 2.46. The molecule has 0 fully saturated rings. The smallest absolute Gasteiger partial charge is 0.129 e. The zero-order chi connectivity index (χ0) is 13.1. The van der Waals surface area contributed by atoms with Crippen molar-refractivity contribution in [2.24, 2.45) is 5.84 Å². The summed E-state index contributed by atoms with van der Waals surface area (Å²) in [5.41, 5.74) is 6.07. The van der Waals surface area contributed by atoms with Crippen LogP contribution in [0.5, 0.6) is 5.75 Å². The number of hydrazine groups is 1. The average molecular weight is 246 g/mol. The van der Waals surface area contributed by atoms with Crippen LogP contribution in [0.3, 0.4) is 0 Å². The summed E-state index contributed by atoms with van der Waals surface area (Å²) >= 11 is 0. The molecule has 4 heteroatoms.